The van der Waals surface area contributed by atoms with Crippen molar-refractivity contribution in [3.8, 4) is 11.1 Å². The van der Waals surface area contributed by atoms with Gasteiger partial charge in [-0.2, -0.15) is 9.50 Å². The van der Waals surface area contributed by atoms with Crippen LogP contribution in [0.25, 0.3) is 16.9 Å². The molecule has 0 aliphatic rings. The number of nitrogens with one attached hydrogen (secondary N) is 2. The Morgan fingerprint density at radius 2 is 1.78 bits per heavy atom. The molecule has 4 rings (SSSR count). The minimum atomic E-state index is -0.167. The van der Waals surface area contributed by atoms with Crippen LogP contribution in [0.15, 0.2) is 65.5 Å². The van der Waals surface area contributed by atoms with Crippen molar-refractivity contribution in [2.24, 2.45) is 0 Å². The fraction of sp³-hybridized carbons (Fsp3) is 0.190. The molecule has 0 radical (unpaired) electrons. The first-order chi connectivity index (χ1) is 13.2. The molecule has 2 aromatic heterocycles. The maximum atomic E-state index is 12.1. The van der Waals surface area contributed by atoms with Crippen LogP contribution in [0.2, 0.25) is 0 Å². The highest BCUT2D eigenvalue weighted by atomic mass is 16.1. The maximum Gasteiger partial charge on any atom is 0.275 e. The highest BCUT2D eigenvalue weighted by Crippen LogP contribution is 2.19. The Kier molecular flexibility index (Phi) is 4.70. The van der Waals surface area contributed by atoms with Crippen LogP contribution in [-0.2, 0) is 13.0 Å². The van der Waals surface area contributed by atoms with E-state index >= 15 is 0 Å². The second kappa shape index (κ2) is 7.45. The largest absolute Gasteiger partial charge is 0.349 e. The molecule has 0 atom stereocenters. The summed E-state index contributed by atoms with van der Waals surface area (Å²) in [6.07, 6.45) is 1.78. The van der Waals surface area contributed by atoms with Crippen molar-refractivity contribution < 1.29 is 0 Å². The van der Waals surface area contributed by atoms with Crippen molar-refractivity contribution in [3.05, 3.63) is 82.3 Å². The summed E-state index contributed by atoms with van der Waals surface area (Å²) >= 11 is 0. The lowest BCUT2D eigenvalue weighted by Crippen LogP contribution is -2.15. The molecule has 2 N–H and O–H groups in total. The fourth-order valence-corrected chi connectivity index (χ4v) is 3.04. The van der Waals surface area contributed by atoms with Gasteiger partial charge in [0.25, 0.3) is 5.56 Å². The summed E-state index contributed by atoms with van der Waals surface area (Å²) in [6, 6.07) is 20.2. The van der Waals surface area contributed by atoms with Gasteiger partial charge in [-0.3, -0.25) is 4.79 Å². The number of aromatic nitrogens is 4. The molecule has 0 amide bonds. The molecule has 0 saturated carbocycles. The first kappa shape index (κ1) is 17.0. The van der Waals surface area contributed by atoms with E-state index in [1.54, 1.807) is 6.07 Å². The zero-order valence-corrected chi connectivity index (χ0v) is 15.1. The van der Waals surface area contributed by atoms with Gasteiger partial charge in [-0.05, 0) is 23.1 Å². The van der Waals surface area contributed by atoms with E-state index in [1.807, 2.05) is 18.2 Å². The molecule has 27 heavy (non-hydrogen) atoms. The monoisotopic (exact) mass is 359 g/mol. The van der Waals surface area contributed by atoms with Crippen LogP contribution in [0.3, 0.4) is 0 Å². The minimum Gasteiger partial charge on any atom is -0.349 e. The van der Waals surface area contributed by atoms with Crippen LogP contribution in [0.5, 0.6) is 0 Å². The van der Waals surface area contributed by atoms with E-state index in [-0.39, 0.29) is 5.56 Å². The molecule has 4 aromatic rings. The van der Waals surface area contributed by atoms with Gasteiger partial charge in [0.15, 0.2) is 0 Å². The predicted molar refractivity (Wildman–Crippen MR) is 107 cm³/mol. The van der Waals surface area contributed by atoms with Gasteiger partial charge in [0.1, 0.15) is 0 Å². The molecular formula is C21H21N5O. The molecule has 6 nitrogen and oxygen atoms in total. The van der Waals surface area contributed by atoms with Gasteiger partial charge >= 0.3 is 0 Å². The van der Waals surface area contributed by atoms with Crippen molar-refractivity contribution in [1.82, 2.24) is 19.6 Å². The highest BCUT2D eigenvalue weighted by molar-refractivity contribution is 5.63. The van der Waals surface area contributed by atoms with Crippen LogP contribution in [0, 0.1) is 0 Å². The molecule has 0 bridgehead atoms. The fourth-order valence-electron chi connectivity index (χ4n) is 3.04. The number of fused-ring (bicyclic) bond motifs is 1. The van der Waals surface area contributed by atoms with Crippen LogP contribution in [0.1, 0.15) is 24.6 Å². The summed E-state index contributed by atoms with van der Waals surface area (Å²) in [7, 11) is 0. The molecule has 6 heteroatoms. The molecule has 136 valence electrons. The average Bonchev–Trinajstić information content (AvgIpc) is 3.11. The van der Waals surface area contributed by atoms with Gasteiger partial charge in [0, 0.05) is 18.3 Å². The topological polar surface area (TPSA) is 75.1 Å². The normalized spacial score (nSPS) is 11.0. The standard InChI is InChI=1S/C21H21N5O/c1-2-6-18-13-19(27)26-21(23-18)24-20(25-26)22-14-15-9-11-17(12-10-15)16-7-4-3-5-8-16/h3-5,7-13H,2,6,14H2,1H3,(H2,22,23,24,25). The van der Waals surface area contributed by atoms with E-state index in [1.165, 1.54) is 15.6 Å². The van der Waals surface area contributed by atoms with E-state index < -0.39 is 0 Å². The second-order valence-corrected chi connectivity index (χ2v) is 6.47. The summed E-state index contributed by atoms with van der Waals surface area (Å²) in [5.74, 6) is 0.900. The van der Waals surface area contributed by atoms with E-state index in [0.717, 1.165) is 24.1 Å². The number of aromatic amines is 1. The Labute approximate surface area is 156 Å². The number of nitrogens with zero attached hydrogens (tertiary/aromatic N) is 3. The summed E-state index contributed by atoms with van der Waals surface area (Å²) in [4.78, 5) is 19.7. The smallest absolute Gasteiger partial charge is 0.275 e. The lowest BCUT2D eigenvalue weighted by atomic mass is 10.0. The van der Waals surface area contributed by atoms with Gasteiger partial charge < -0.3 is 10.3 Å². The van der Waals surface area contributed by atoms with Crippen LogP contribution in [-0.4, -0.2) is 19.6 Å². The zero-order valence-electron chi connectivity index (χ0n) is 15.1. The third-order valence-electron chi connectivity index (χ3n) is 4.42. The Bertz CT molecular complexity index is 1100. The molecule has 0 fully saturated rings. The lowest BCUT2D eigenvalue weighted by molar-refractivity contribution is 0.837. The minimum absolute atomic E-state index is 0.167. The average molecular weight is 359 g/mol. The first-order valence-corrected chi connectivity index (χ1v) is 9.10. The molecule has 0 spiro atoms. The van der Waals surface area contributed by atoms with Crippen molar-refractivity contribution >= 4 is 11.7 Å². The van der Waals surface area contributed by atoms with Gasteiger partial charge in [0.05, 0.1) is 0 Å². The number of hydrogen-bond donors (Lipinski definition) is 2. The maximum absolute atomic E-state index is 12.1. The number of aryl methyl sites for hydroxylation is 1. The van der Waals surface area contributed by atoms with E-state index in [9.17, 15) is 4.79 Å². The summed E-state index contributed by atoms with van der Waals surface area (Å²) in [5, 5.41) is 7.43. The molecule has 0 aliphatic heterocycles. The zero-order chi connectivity index (χ0) is 18.6. The molecule has 0 unspecified atom stereocenters. The van der Waals surface area contributed by atoms with E-state index in [2.05, 4.69) is 63.7 Å². The Morgan fingerprint density at radius 1 is 1.04 bits per heavy atom. The Morgan fingerprint density at radius 3 is 2.52 bits per heavy atom. The van der Waals surface area contributed by atoms with Gasteiger partial charge in [-0.15, -0.1) is 5.10 Å². The summed E-state index contributed by atoms with van der Waals surface area (Å²) in [6.45, 7) is 2.66. The van der Waals surface area contributed by atoms with E-state index in [4.69, 9.17) is 0 Å². The number of benzene rings is 2. The van der Waals surface area contributed by atoms with Crippen LogP contribution >= 0.6 is 0 Å². The van der Waals surface area contributed by atoms with Crippen molar-refractivity contribution in [2.75, 3.05) is 5.32 Å². The SMILES string of the molecule is CCCc1cc(=O)n2nc(NCc3ccc(-c4ccccc4)cc3)nc2[nH]1. The van der Waals surface area contributed by atoms with Gasteiger partial charge in [-0.25, -0.2) is 0 Å². The highest BCUT2D eigenvalue weighted by Gasteiger charge is 2.08. The number of rotatable bonds is 6. The summed E-state index contributed by atoms with van der Waals surface area (Å²) in [5.41, 5.74) is 4.21. The van der Waals surface area contributed by atoms with Crippen LogP contribution in [0.4, 0.5) is 5.95 Å². The third kappa shape index (κ3) is 3.74. The summed E-state index contributed by atoms with van der Waals surface area (Å²) < 4.78 is 1.29. The molecular weight excluding hydrogens is 338 g/mol. The third-order valence-corrected chi connectivity index (χ3v) is 4.42. The number of hydrogen-bond acceptors (Lipinski definition) is 4. The number of H-pyrrole nitrogens is 1. The molecule has 0 aliphatic carbocycles. The molecule has 0 saturated heterocycles. The quantitative estimate of drug-likeness (QED) is 0.551. The van der Waals surface area contributed by atoms with E-state index in [0.29, 0.717) is 18.3 Å². The van der Waals surface area contributed by atoms with Crippen molar-refractivity contribution in [1.29, 1.82) is 0 Å². The van der Waals surface area contributed by atoms with Crippen molar-refractivity contribution in [2.45, 2.75) is 26.3 Å². The predicted octanol–water partition coefficient (Wildman–Crippen LogP) is 3.65. The Hall–Kier alpha value is -3.41. The van der Waals surface area contributed by atoms with Gasteiger partial charge in [0.2, 0.25) is 11.7 Å². The second-order valence-electron chi connectivity index (χ2n) is 6.47. The number of anilines is 1. The molecule has 2 heterocycles. The van der Waals surface area contributed by atoms with Gasteiger partial charge in [-0.1, -0.05) is 67.9 Å². The van der Waals surface area contributed by atoms with Crippen LogP contribution < -0.4 is 10.9 Å². The lowest BCUT2D eigenvalue weighted by Gasteiger charge is -2.05. The Balaban J connectivity index is 1.48. The van der Waals surface area contributed by atoms with Crippen molar-refractivity contribution in [3.63, 3.8) is 0 Å². The first-order valence-electron chi connectivity index (χ1n) is 9.10. The molecule has 2 aromatic carbocycles.